The molecule has 2 amide bonds. The molecule has 1 aliphatic rings. The average Bonchev–Trinajstić information content (AvgIpc) is 2.46. The molecule has 108 valence electrons. The third-order valence-corrected chi connectivity index (χ3v) is 3.39. The lowest BCUT2D eigenvalue weighted by Crippen LogP contribution is -2.59. The van der Waals surface area contributed by atoms with Crippen LogP contribution in [0.1, 0.15) is 16.2 Å². The van der Waals surface area contributed by atoms with Crippen molar-refractivity contribution in [2.75, 3.05) is 33.7 Å². The maximum absolute atomic E-state index is 12.5. The topological polar surface area (TPSA) is 78.4 Å². The van der Waals surface area contributed by atoms with Gasteiger partial charge in [-0.25, -0.2) is 4.98 Å². The van der Waals surface area contributed by atoms with Crippen LogP contribution in [0.3, 0.4) is 0 Å². The summed E-state index contributed by atoms with van der Waals surface area (Å²) in [7, 11) is 3.51. The van der Waals surface area contributed by atoms with Gasteiger partial charge < -0.3 is 15.1 Å². The second kappa shape index (κ2) is 5.96. The Morgan fingerprint density at radius 2 is 2.05 bits per heavy atom. The molecule has 0 aliphatic carbocycles. The van der Waals surface area contributed by atoms with Crippen molar-refractivity contribution in [3.63, 3.8) is 0 Å². The minimum Gasteiger partial charge on any atom is -0.357 e. The van der Waals surface area contributed by atoms with Crippen LogP contribution in [0.5, 0.6) is 0 Å². The Kier molecular flexibility index (Phi) is 4.29. The number of aromatic nitrogens is 2. The Morgan fingerprint density at radius 3 is 2.65 bits per heavy atom. The Labute approximate surface area is 118 Å². The summed E-state index contributed by atoms with van der Waals surface area (Å²) in [5.41, 5.74) is 1.02. The van der Waals surface area contributed by atoms with Gasteiger partial charge >= 0.3 is 0 Å². The molecular weight excluding hydrogens is 258 g/mol. The van der Waals surface area contributed by atoms with E-state index in [0.29, 0.717) is 13.1 Å². The Morgan fingerprint density at radius 1 is 1.30 bits per heavy atom. The zero-order valence-corrected chi connectivity index (χ0v) is 12.0. The van der Waals surface area contributed by atoms with Gasteiger partial charge in [0.25, 0.3) is 5.91 Å². The number of hydrogen-bond donors (Lipinski definition) is 1. The summed E-state index contributed by atoms with van der Waals surface area (Å²) in [6.45, 7) is 3.57. The van der Waals surface area contributed by atoms with Gasteiger partial charge in [-0.1, -0.05) is 0 Å². The smallest absolute Gasteiger partial charge is 0.274 e. The number of carbonyl (C=O) groups excluding carboxylic acids is 2. The van der Waals surface area contributed by atoms with Gasteiger partial charge in [0.2, 0.25) is 5.91 Å². The lowest BCUT2D eigenvalue weighted by Gasteiger charge is -2.38. The van der Waals surface area contributed by atoms with Crippen LogP contribution in [-0.2, 0) is 4.79 Å². The normalized spacial score (nSPS) is 19.8. The number of likely N-dealkylation sites (N-methyl/N-ethyl adjacent to an activating group) is 2. The molecule has 0 saturated carbocycles. The highest BCUT2D eigenvalue weighted by Gasteiger charge is 2.34. The zero-order valence-electron chi connectivity index (χ0n) is 12.0. The summed E-state index contributed by atoms with van der Waals surface area (Å²) in [5.74, 6) is -0.413. The van der Waals surface area contributed by atoms with E-state index in [0.717, 1.165) is 12.2 Å². The summed E-state index contributed by atoms with van der Waals surface area (Å²) in [6, 6.07) is -0.491. The fourth-order valence-corrected chi connectivity index (χ4v) is 2.20. The lowest BCUT2D eigenvalue weighted by atomic mass is 10.1. The Bertz CT molecular complexity index is 502. The van der Waals surface area contributed by atoms with Crippen molar-refractivity contribution >= 4 is 11.8 Å². The molecule has 0 spiro atoms. The molecule has 2 heterocycles. The number of hydrogen-bond acceptors (Lipinski definition) is 5. The van der Waals surface area contributed by atoms with Gasteiger partial charge in [0.15, 0.2) is 0 Å². The molecule has 1 atom stereocenters. The maximum atomic E-state index is 12.5. The Balaban J connectivity index is 2.21. The Hall–Kier alpha value is -2.02. The molecule has 0 radical (unpaired) electrons. The highest BCUT2D eigenvalue weighted by Crippen LogP contribution is 2.12. The van der Waals surface area contributed by atoms with E-state index < -0.39 is 6.04 Å². The standard InChI is InChI=1S/C13H19N5O2/c1-9-6-16-10(7-15-9)13(20)18-5-4-17(3)8-11(18)12(19)14-2/h6-7,11H,4-5,8H2,1-3H3,(H,14,19)/t11-/m0/s1. The van der Waals surface area contributed by atoms with E-state index >= 15 is 0 Å². The third-order valence-electron chi connectivity index (χ3n) is 3.39. The van der Waals surface area contributed by atoms with Gasteiger partial charge in [0, 0.05) is 32.9 Å². The van der Waals surface area contributed by atoms with Crippen LogP contribution >= 0.6 is 0 Å². The molecule has 20 heavy (non-hydrogen) atoms. The summed E-state index contributed by atoms with van der Waals surface area (Å²) in [6.07, 6.45) is 3.01. The predicted molar refractivity (Wildman–Crippen MR) is 73.2 cm³/mol. The first kappa shape index (κ1) is 14.4. The first-order valence-corrected chi connectivity index (χ1v) is 6.52. The fraction of sp³-hybridized carbons (Fsp3) is 0.538. The summed E-state index contributed by atoms with van der Waals surface area (Å²) in [5, 5.41) is 2.61. The molecule has 0 bridgehead atoms. The molecule has 0 unspecified atom stereocenters. The molecule has 7 nitrogen and oxygen atoms in total. The number of rotatable bonds is 2. The van der Waals surface area contributed by atoms with Crippen LogP contribution in [0.25, 0.3) is 0 Å². The molecular formula is C13H19N5O2. The van der Waals surface area contributed by atoms with Gasteiger partial charge in [-0.05, 0) is 14.0 Å². The predicted octanol–water partition coefficient (Wildman–Crippen LogP) is -0.713. The minimum absolute atomic E-state index is 0.162. The number of amides is 2. The second-order valence-corrected chi connectivity index (χ2v) is 4.93. The van der Waals surface area contributed by atoms with E-state index in [1.807, 2.05) is 18.9 Å². The molecule has 1 aliphatic heterocycles. The van der Waals surface area contributed by atoms with Crippen molar-refractivity contribution in [2.24, 2.45) is 0 Å². The van der Waals surface area contributed by atoms with Crippen LogP contribution < -0.4 is 5.32 Å². The fourth-order valence-electron chi connectivity index (χ4n) is 2.20. The number of nitrogens with one attached hydrogen (secondary N) is 1. The molecule has 1 saturated heterocycles. The van der Waals surface area contributed by atoms with Crippen LogP contribution in [0.4, 0.5) is 0 Å². The van der Waals surface area contributed by atoms with Crippen molar-refractivity contribution in [1.82, 2.24) is 25.1 Å². The number of nitrogens with zero attached hydrogens (tertiary/aromatic N) is 4. The van der Waals surface area contributed by atoms with E-state index in [4.69, 9.17) is 0 Å². The summed E-state index contributed by atoms with van der Waals surface area (Å²) >= 11 is 0. The van der Waals surface area contributed by atoms with Gasteiger partial charge in [0.05, 0.1) is 11.9 Å². The molecule has 1 aromatic heterocycles. The highest BCUT2D eigenvalue weighted by molar-refractivity contribution is 5.96. The maximum Gasteiger partial charge on any atom is 0.274 e. The van der Waals surface area contributed by atoms with E-state index in [1.54, 1.807) is 18.1 Å². The van der Waals surface area contributed by atoms with Crippen molar-refractivity contribution in [3.8, 4) is 0 Å². The SMILES string of the molecule is CNC(=O)[C@@H]1CN(C)CCN1C(=O)c1cnc(C)cn1. The van der Waals surface area contributed by atoms with Gasteiger partial charge in [-0.3, -0.25) is 14.6 Å². The first-order chi connectivity index (χ1) is 9.52. The molecule has 7 heteroatoms. The number of carbonyl (C=O) groups is 2. The van der Waals surface area contributed by atoms with Crippen LogP contribution in [0.15, 0.2) is 12.4 Å². The molecule has 1 N–H and O–H groups in total. The van der Waals surface area contributed by atoms with Crippen molar-refractivity contribution in [1.29, 1.82) is 0 Å². The van der Waals surface area contributed by atoms with E-state index in [2.05, 4.69) is 15.3 Å². The van der Waals surface area contributed by atoms with Crippen LogP contribution in [0.2, 0.25) is 0 Å². The van der Waals surface area contributed by atoms with Crippen molar-refractivity contribution in [2.45, 2.75) is 13.0 Å². The number of piperazine rings is 1. The average molecular weight is 277 g/mol. The van der Waals surface area contributed by atoms with E-state index in [-0.39, 0.29) is 17.5 Å². The summed E-state index contributed by atoms with van der Waals surface area (Å²) in [4.78, 5) is 36.2. The van der Waals surface area contributed by atoms with Crippen molar-refractivity contribution in [3.05, 3.63) is 23.8 Å². The van der Waals surface area contributed by atoms with Gasteiger partial charge in [-0.15, -0.1) is 0 Å². The molecule has 0 aromatic carbocycles. The summed E-state index contributed by atoms with van der Waals surface area (Å²) < 4.78 is 0. The van der Waals surface area contributed by atoms with E-state index in [1.165, 1.54) is 6.20 Å². The molecule has 1 aromatic rings. The van der Waals surface area contributed by atoms with Crippen LogP contribution in [0, 0.1) is 6.92 Å². The minimum atomic E-state index is -0.491. The van der Waals surface area contributed by atoms with E-state index in [9.17, 15) is 9.59 Å². The quantitative estimate of drug-likeness (QED) is 0.772. The van der Waals surface area contributed by atoms with Gasteiger partial charge in [0.1, 0.15) is 11.7 Å². The third kappa shape index (κ3) is 2.93. The largest absolute Gasteiger partial charge is 0.357 e. The zero-order chi connectivity index (χ0) is 14.7. The van der Waals surface area contributed by atoms with Crippen molar-refractivity contribution < 1.29 is 9.59 Å². The molecule has 1 fully saturated rings. The number of aryl methyl sites for hydroxylation is 1. The second-order valence-electron chi connectivity index (χ2n) is 4.93. The highest BCUT2D eigenvalue weighted by atomic mass is 16.2. The molecule has 2 rings (SSSR count). The monoisotopic (exact) mass is 277 g/mol. The van der Waals surface area contributed by atoms with Crippen LogP contribution in [-0.4, -0.2) is 71.4 Å². The lowest BCUT2D eigenvalue weighted by molar-refractivity contribution is -0.126. The first-order valence-electron chi connectivity index (χ1n) is 6.52. The van der Waals surface area contributed by atoms with Gasteiger partial charge in [-0.2, -0.15) is 0 Å².